The Morgan fingerprint density at radius 1 is 1.08 bits per heavy atom. The summed E-state index contributed by atoms with van der Waals surface area (Å²) in [5, 5.41) is 17.9. The van der Waals surface area contributed by atoms with Crippen LogP contribution in [0.25, 0.3) is 0 Å². The summed E-state index contributed by atoms with van der Waals surface area (Å²) >= 11 is 0. The van der Waals surface area contributed by atoms with E-state index in [4.69, 9.17) is 14.6 Å². The Labute approximate surface area is 141 Å². The van der Waals surface area contributed by atoms with Crippen molar-refractivity contribution < 1.29 is 14.6 Å². The van der Waals surface area contributed by atoms with Crippen molar-refractivity contribution in [1.29, 1.82) is 0 Å². The molecule has 1 heterocycles. The number of hydrogen-bond acceptors (Lipinski definition) is 8. The zero-order chi connectivity index (χ0) is 17.0. The predicted molar refractivity (Wildman–Crippen MR) is 92.7 cm³/mol. The molecule has 0 aliphatic rings. The van der Waals surface area contributed by atoms with Crippen molar-refractivity contribution in [2.45, 2.75) is 0 Å². The zero-order valence-corrected chi connectivity index (χ0v) is 13.7. The maximum atomic E-state index is 8.62. The fraction of sp³-hybridized carbons (Fsp3) is 0.375. The number of aliphatic hydroxyl groups is 1. The largest absolute Gasteiger partial charge is 0.497 e. The highest BCUT2D eigenvalue weighted by molar-refractivity contribution is 5.59. The summed E-state index contributed by atoms with van der Waals surface area (Å²) < 4.78 is 10.5. The van der Waals surface area contributed by atoms with E-state index in [0.29, 0.717) is 38.1 Å². The minimum absolute atomic E-state index is 0.104. The molecule has 0 spiro atoms. The first kappa shape index (κ1) is 17.9. The first-order chi connectivity index (χ1) is 11.8. The van der Waals surface area contributed by atoms with Crippen molar-refractivity contribution >= 4 is 17.3 Å². The number of rotatable bonds is 11. The minimum Gasteiger partial charge on any atom is -0.497 e. The van der Waals surface area contributed by atoms with Crippen molar-refractivity contribution in [3.8, 4) is 5.75 Å². The third-order valence-corrected chi connectivity index (χ3v) is 3.07. The smallest absolute Gasteiger partial charge is 0.135 e. The van der Waals surface area contributed by atoms with E-state index in [1.807, 2.05) is 30.3 Å². The molecule has 0 atom stereocenters. The molecule has 130 valence electrons. The molecule has 0 aliphatic heterocycles. The van der Waals surface area contributed by atoms with Gasteiger partial charge in [-0.1, -0.05) is 0 Å². The van der Waals surface area contributed by atoms with Crippen molar-refractivity contribution in [2.24, 2.45) is 0 Å². The summed E-state index contributed by atoms with van der Waals surface area (Å²) in [5.74, 6) is 2.22. The summed E-state index contributed by atoms with van der Waals surface area (Å²) in [5.41, 5.74) is 0.916. The molecule has 0 fully saturated rings. The third-order valence-electron chi connectivity index (χ3n) is 3.07. The van der Waals surface area contributed by atoms with Gasteiger partial charge in [0.15, 0.2) is 0 Å². The number of methoxy groups -OCH3 is 1. The predicted octanol–water partition coefficient (Wildman–Crippen LogP) is 1.20. The van der Waals surface area contributed by atoms with Crippen LogP contribution in [0.3, 0.4) is 0 Å². The minimum atomic E-state index is 0.104. The molecule has 2 aromatic rings. The second-order valence-electron chi connectivity index (χ2n) is 4.84. The Morgan fingerprint density at radius 2 is 1.88 bits per heavy atom. The monoisotopic (exact) mass is 333 g/mol. The average Bonchev–Trinajstić information content (AvgIpc) is 2.62. The van der Waals surface area contributed by atoms with Crippen molar-refractivity contribution in [2.75, 3.05) is 50.8 Å². The number of anilines is 3. The molecule has 0 saturated heterocycles. The van der Waals surface area contributed by atoms with Gasteiger partial charge in [0.2, 0.25) is 0 Å². The molecule has 0 saturated carbocycles. The standard InChI is InChI=1S/C16H23N5O3/c1-23-14-4-2-13(3-5-14)21-16-10-15(19-11-20-16)18-7-9-24-12-17-6-8-22/h2-5,10-11,17,22H,6-9,12H2,1H3,(H2,18,19,20,21). The number of benzene rings is 1. The normalized spacial score (nSPS) is 10.4. The van der Waals surface area contributed by atoms with Gasteiger partial charge in [-0.2, -0.15) is 0 Å². The summed E-state index contributed by atoms with van der Waals surface area (Å²) in [7, 11) is 1.64. The molecule has 24 heavy (non-hydrogen) atoms. The van der Waals surface area contributed by atoms with Crippen LogP contribution in [0.15, 0.2) is 36.7 Å². The SMILES string of the molecule is COc1ccc(Nc2cc(NCCOCNCCO)ncn2)cc1. The van der Waals surface area contributed by atoms with Gasteiger partial charge in [-0.15, -0.1) is 0 Å². The summed E-state index contributed by atoms with van der Waals surface area (Å²) in [6.07, 6.45) is 1.50. The molecular formula is C16H23N5O3. The highest BCUT2D eigenvalue weighted by Crippen LogP contribution is 2.19. The van der Waals surface area contributed by atoms with Crippen LogP contribution in [0.2, 0.25) is 0 Å². The molecule has 4 N–H and O–H groups in total. The summed E-state index contributed by atoms with van der Waals surface area (Å²) in [6.45, 7) is 2.20. The van der Waals surface area contributed by atoms with E-state index in [2.05, 4.69) is 25.9 Å². The highest BCUT2D eigenvalue weighted by atomic mass is 16.5. The first-order valence-corrected chi connectivity index (χ1v) is 7.68. The summed E-state index contributed by atoms with van der Waals surface area (Å²) in [4.78, 5) is 8.37. The molecule has 0 bridgehead atoms. The fourth-order valence-electron chi connectivity index (χ4n) is 1.89. The van der Waals surface area contributed by atoms with Crippen LogP contribution < -0.4 is 20.7 Å². The van der Waals surface area contributed by atoms with E-state index in [1.165, 1.54) is 6.33 Å². The van der Waals surface area contributed by atoms with Crippen molar-refractivity contribution in [3.63, 3.8) is 0 Å². The average molecular weight is 333 g/mol. The second-order valence-corrected chi connectivity index (χ2v) is 4.84. The fourth-order valence-corrected chi connectivity index (χ4v) is 1.89. The van der Waals surface area contributed by atoms with E-state index in [9.17, 15) is 0 Å². The molecule has 0 unspecified atom stereocenters. The van der Waals surface area contributed by atoms with E-state index in [0.717, 1.165) is 11.4 Å². The lowest BCUT2D eigenvalue weighted by atomic mass is 10.3. The Hall–Kier alpha value is -2.42. The first-order valence-electron chi connectivity index (χ1n) is 7.68. The molecule has 2 rings (SSSR count). The van der Waals surface area contributed by atoms with Crippen molar-refractivity contribution in [3.05, 3.63) is 36.7 Å². The highest BCUT2D eigenvalue weighted by Gasteiger charge is 2.00. The second kappa shape index (κ2) is 10.4. The van der Waals surface area contributed by atoms with Gasteiger partial charge in [-0.25, -0.2) is 9.97 Å². The van der Waals surface area contributed by atoms with Crippen LogP contribution in [0.4, 0.5) is 17.3 Å². The number of aliphatic hydroxyl groups excluding tert-OH is 1. The topological polar surface area (TPSA) is 101 Å². The summed E-state index contributed by atoms with van der Waals surface area (Å²) in [6, 6.07) is 9.42. The molecule has 1 aromatic heterocycles. The molecular weight excluding hydrogens is 310 g/mol. The van der Waals surface area contributed by atoms with Gasteiger partial charge in [-0.05, 0) is 24.3 Å². The lowest BCUT2D eigenvalue weighted by molar-refractivity contribution is 0.120. The molecule has 8 heteroatoms. The number of ether oxygens (including phenoxy) is 2. The lowest BCUT2D eigenvalue weighted by Crippen LogP contribution is -2.23. The molecule has 0 amide bonds. The Balaban J connectivity index is 1.76. The van der Waals surface area contributed by atoms with E-state index >= 15 is 0 Å². The Bertz CT molecular complexity index is 595. The van der Waals surface area contributed by atoms with Gasteiger partial charge >= 0.3 is 0 Å². The van der Waals surface area contributed by atoms with Gasteiger partial charge in [-0.3, -0.25) is 5.32 Å². The molecule has 8 nitrogen and oxygen atoms in total. The molecule has 0 aliphatic carbocycles. The van der Waals surface area contributed by atoms with Gasteiger partial charge in [0.1, 0.15) is 23.7 Å². The van der Waals surface area contributed by atoms with Crippen LogP contribution >= 0.6 is 0 Å². The van der Waals surface area contributed by atoms with Crippen LogP contribution in [0.1, 0.15) is 0 Å². The third kappa shape index (κ3) is 6.37. The van der Waals surface area contributed by atoms with Crippen LogP contribution in [-0.4, -0.2) is 55.2 Å². The van der Waals surface area contributed by atoms with Crippen LogP contribution in [0, 0.1) is 0 Å². The van der Waals surface area contributed by atoms with E-state index in [-0.39, 0.29) is 6.61 Å². The van der Waals surface area contributed by atoms with E-state index < -0.39 is 0 Å². The van der Waals surface area contributed by atoms with Gasteiger partial charge in [0.25, 0.3) is 0 Å². The Kier molecular flexibility index (Phi) is 7.75. The van der Waals surface area contributed by atoms with Gasteiger partial charge < -0.3 is 25.2 Å². The maximum absolute atomic E-state index is 8.62. The Morgan fingerprint density at radius 3 is 2.62 bits per heavy atom. The maximum Gasteiger partial charge on any atom is 0.135 e. The lowest BCUT2D eigenvalue weighted by Gasteiger charge is -2.09. The van der Waals surface area contributed by atoms with Crippen molar-refractivity contribution in [1.82, 2.24) is 15.3 Å². The molecule has 1 aromatic carbocycles. The van der Waals surface area contributed by atoms with Gasteiger partial charge in [0.05, 0.1) is 27.1 Å². The number of nitrogens with one attached hydrogen (secondary N) is 3. The molecule has 0 radical (unpaired) electrons. The van der Waals surface area contributed by atoms with Crippen LogP contribution in [-0.2, 0) is 4.74 Å². The quantitative estimate of drug-likeness (QED) is 0.359. The number of nitrogens with zero attached hydrogens (tertiary/aromatic N) is 2. The number of hydrogen-bond donors (Lipinski definition) is 4. The van der Waals surface area contributed by atoms with Gasteiger partial charge in [0, 0.05) is 24.8 Å². The number of aromatic nitrogens is 2. The van der Waals surface area contributed by atoms with Crippen LogP contribution in [0.5, 0.6) is 5.75 Å². The zero-order valence-electron chi connectivity index (χ0n) is 13.7. The van der Waals surface area contributed by atoms with E-state index in [1.54, 1.807) is 7.11 Å².